The Labute approximate surface area is 672 Å². The molecule has 0 unspecified atom stereocenters. The smallest absolute Gasteiger partial charge is 0.139 e. The summed E-state index contributed by atoms with van der Waals surface area (Å²) in [4.78, 5) is 0. The summed E-state index contributed by atoms with van der Waals surface area (Å²) in [6.07, 6.45) is 53.7. The molecule has 0 saturated carbocycles. The predicted octanol–water partition coefficient (Wildman–Crippen LogP) is 23.9. The van der Waals surface area contributed by atoms with Gasteiger partial charge in [-0.25, -0.2) is 0 Å². The topological polar surface area (TPSA) is 255 Å². The fraction of sp³-hybridized carbons (Fsp3) is 0.857. The number of unbranched alkanes of at least 4 members (excludes halogenated alkanes) is 9. The highest BCUT2D eigenvalue weighted by Crippen LogP contribution is 2.18. The Balaban J connectivity index is -0.0000000480. The molecule has 11 nitrogen and oxygen atoms in total. The van der Waals surface area contributed by atoms with Gasteiger partial charge in [0.05, 0.1) is 0 Å². The first-order valence-corrected chi connectivity index (χ1v) is 44.1. The van der Waals surface area contributed by atoms with E-state index in [1.54, 1.807) is 7.11 Å². The number of thiol groups is 2. The molecular formula is C84H208B6N10OS2. The molecule has 0 fully saturated rings. The Kier molecular flexibility index (Phi) is 279. The van der Waals surface area contributed by atoms with Crippen molar-refractivity contribution in [3.63, 3.8) is 0 Å². The molecular weight excluding hydrogens is 1290 g/mol. The van der Waals surface area contributed by atoms with Crippen LogP contribution in [0, 0.1) is 0 Å². The van der Waals surface area contributed by atoms with E-state index in [0.717, 1.165) is 123 Å². The standard InChI is InChI=1S/3C12H27B.3C6H15B.C4H13N3.C4H11NO.2C3H10N2.2C2H7NS.6C2H4/c3*1-4-7-10-13(11-8-5-2)12-9-6-3;3*1-4-7(5-2)6-3;5-1-3-7-4-2-6;1-6-4-2-3-5;2*4-2-1-3-5;2*3-1-2-4;6*1-2/h3*4-12H2,1-3H3;3*4-6H2,1-3H3;7H,1-6H2;2-5H2,1H3;2*1-5H2;2*4H,1-3H2;6*1-2H2. The number of rotatable bonds is 49. The van der Waals surface area contributed by atoms with Gasteiger partial charge in [-0.3, -0.25) is 0 Å². The molecule has 0 saturated heterocycles. The van der Waals surface area contributed by atoms with Gasteiger partial charge in [0.2, 0.25) is 0 Å². The average molecular weight is 1500 g/mol. The minimum absolute atomic E-state index is 0.684. The van der Waals surface area contributed by atoms with E-state index in [2.05, 4.69) is 234 Å². The Morgan fingerprint density at radius 2 is 0.379 bits per heavy atom. The first kappa shape index (κ1) is 148. The predicted molar refractivity (Wildman–Crippen MR) is 522 cm³/mol. The summed E-state index contributed by atoms with van der Waals surface area (Å²) >= 11 is 7.59. The van der Waals surface area contributed by atoms with Crippen LogP contribution in [0.2, 0.25) is 114 Å². The molecule has 0 heterocycles. The molecule has 0 aromatic carbocycles. The normalized spacial score (nSPS) is 8.56. The second kappa shape index (κ2) is 195. The van der Waals surface area contributed by atoms with Crippen molar-refractivity contribution < 1.29 is 4.74 Å². The molecule has 0 aromatic rings. The van der Waals surface area contributed by atoms with E-state index >= 15 is 0 Å². The summed E-state index contributed by atoms with van der Waals surface area (Å²) in [6, 6.07) is 0. The van der Waals surface area contributed by atoms with Crippen molar-refractivity contribution in [2.24, 2.45) is 51.6 Å². The number of ether oxygens (including phenoxy) is 1. The number of nitrogens with one attached hydrogen (secondary N) is 1. The molecule has 0 aromatic heterocycles. The number of hydrogen-bond donors (Lipinski definition) is 12. The monoisotopic (exact) mass is 1500 g/mol. The van der Waals surface area contributed by atoms with Crippen LogP contribution in [0.15, 0.2) is 78.9 Å². The summed E-state index contributed by atoms with van der Waals surface area (Å²) in [5, 5.41) is 3.03. The van der Waals surface area contributed by atoms with Crippen LogP contribution in [0.5, 0.6) is 0 Å². The third-order valence-corrected chi connectivity index (χ3v) is 16.7. The van der Waals surface area contributed by atoms with Gasteiger partial charge in [0.1, 0.15) is 40.3 Å². The molecule has 0 atom stereocenters. The third-order valence-electron chi connectivity index (χ3n) is 16.2. The zero-order chi connectivity index (χ0) is 84.4. The highest BCUT2D eigenvalue weighted by molar-refractivity contribution is 7.80. The Morgan fingerprint density at radius 3 is 0.437 bits per heavy atom. The van der Waals surface area contributed by atoms with E-state index in [1.807, 2.05) is 0 Å². The molecule has 19 N–H and O–H groups in total. The lowest BCUT2D eigenvalue weighted by molar-refractivity contribution is 0.197. The molecule has 0 aliphatic carbocycles. The highest BCUT2D eigenvalue weighted by Gasteiger charge is 2.13. The van der Waals surface area contributed by atoms with Gasteiger partial charge in [-0.15, -0.1) is 78.9 Å². The van der Waals surface area contributed by atoms with Gasteiger partial charge in [0.15, 0.2) is 0 Å². The van der Waals surface area contributed by atoms with Crippen molar-refractivity contribution in [1.29, 1.82) is 0 Å². The zero-order valence-corrected chi connectivity index (χ0v) is 77.2. The van der Waals surface area contributed by atoms with E-state index in [0.29, 0.717) is 26.2 Å². The summed E-state index contributed by atoms with van der Waals surface area (Å²) in [5.74, 6) is 1.58. The van der Waals surface area contributed by atoms with Gasteiger partial charge >= 0.3 is 0 Å². The number of methoxy groups -OCH3 is 1. The average Bonchev–Trinajstić information content (AvgIpc) is 3.72. The van der Waals surface area contributed by atoms with Crippen molar-refractivity contribution in [2.45, 2.75) is 373 Å². The quantitative estimate of drug-likeness (QED) is 0.0118. The van der Waals surface area contributed by atoms with Crippen molar-refractivity contribution in [2.75, 3.05) is 97.2 Å². The minimum Gasteiger partial charge on any atom is -0.385 e. The zero-order valence-electron chi connectivity index (χ0n) is 75.4. The lowest BCUT2D eigenvalue weighted by atomic mass is 9.41. The number of hydrogen-bond acceptors (Lipinski definition) is 13. The van der Waals surface area contributed by atoms with Crippen molar-refractivity contribution in [3.8, 4) is 0 Å². The molecule has 0 amide bonds. The van der Waals surface area contributed by atoms with Crippen LogP contribution in [-0.4, -0.2) is 137 Å². The molecule has 0 aliphatic rings. The maximum Gasteiger partial charge on any atom is 0.139 e. The van der Waals surface area contributed by atoms with E-state index in [1.165, 1.54) is 229 Å². The molecule has 103 heavy (non-hydrogen) atoms. The van der Waals surface area contributed by atoms with Crippen molar-refractivity contribution in [3.05, 3.63) is 78.9 Å². The summed E-state index contributed by atoms with van der Waals surface area (Å²) in [6.45, 7) is 92.1. The second-order valence-electron chi connectivity index (χ2n) is 24.5. The van der Waals surface area contributed by atoms with Gasteiger partial charge < -0.3 is 61.7 Å². The maximum absolute atomic E-state index is 5.17. The van der Waals surface area contributed by atoms with Crippen molar-refractivity contribution in [1.82, 2.24) is 5.32 Å². The van der Waals surface area contributed by atoms with Gasteiger partial charge in [0.25, 0.3) is 0 Å². The molecule has 0 aliphatic heterocycles. The minimum atomic E-state index is 0.684. The highest BCUT2D eigenvalue weighted by atomic mass is 32.1. The summed E-state index contributed by atoms with van der Waals surface area (Å²) in [5.41, 5.74) is 45.6. The Morgan fingerprint density at radius 1 is 0.233 bits per heavy atom. The van der Waals surface area contributed by atoms with Crippen LogP contribution in [-0.2, 0) is 4.74 Å². The molecule has 0 radical (unpaired) electrons. The third kappa shape index (κ3) is 227. The van der Waals surface area contributed by atoms with Gasteiger partial charge in [-0.1, -0.05) is 354 Å². The van der Waals surface area contributed by atoms with Crippen LogP contribution in [0.4, 0.5) is 0 Å². The molecule has 0 spiro atoms. The van der Waals surface area contributed by atoms with Gasteiger partial charge in [0, 0.05) is 64.5 Å². The van der Waals surface area contributed by atoms with E-state index < -0.39 is 0 Å². The molecule has 630 valence electrons. The molecule has 0 bridgehead atoms. The fourth-order valence-electron chi connectivity index (χ4n) is 9.12. The Bertz CT molecular complexity index is 884. The van der Waals surface area contributed by atoms with E-state index in [4.69, 9.17) is 56.3 Å². The SMILES string of the molecule is C=C.C=C.C=C.C=C.C=C.C=C.CCB(CC)CC.CCB(CC)CC.CCB(CC)CC.CCCCB(CCCC)CCCC.CCCCB(CCCC)CCCC.CCCCB(CCCC)CCCC.COCCCN.NCCCN.NCCCN.NCCNCCN.NCCS.NCCS. The van der Waals surface area contributed by atoms with Crippen LogP contribution < -0.4 is 56.9 Å². The Hall–Kier alpha value is -0.910. The second-order valence-corrected chi connectivity index (χ2v) is 25.4. The summed E-state index contributed by atoms with van der Waals surface area (Å²) in [7, 11) is 1.68. The largest absolute Gasteiger partial charge is 0.385 e. The van der Waals surface area contributed by atoms with E-state index in [-0.39, 0.29) is 0 Å². The lowest BCUT2D eigenvalue weighted by Gasteiger charge is -2.11. The van der Waals surface area contributed by atoms with Crippen molar-refractivity contribution >= 4 is 65.5 Å². The van der Waals surface area contributed by atoms with Gasteiger partial charge in [-0.05, 0) is 52.0 Å². The van der Waals surface area contributed by atoms with Crippen LogP contribution in [0.3, 0.4) is 0 Å². The first-order valence-electron chi connectivity index (χ1n) is 42.8. The van der Waals surface area contributed by atoms with Crippen LogP contribution in [0.25, 0.3) is 0 Å². The molecule has 0 rings (SSSR count). The number of nitrogens with two attached hydrogens (primary N) is 9. The first-order chi connectivity index (χ1) is 50.1. The van der Waals surface area contributed by atoms with Gasteiger partial charge in [-0.2, -0.15) is 25.3 Å². The van der Waals surface area contributed by atoms with E-state index in [9.17, 15) is 0 Å². The summed E-state index contributed by atoms with van der Waals surface area (Å²) < 4.78 is 4.70. The fourth-order valence-corrected chi connectivity index (χ4v) is 9.12. The molecule has 19 heteroatoms. The van der Waals surface area contributed by atoms with Crippen LogP contribution >= 0.6 is 25.3 Å². The lowest BCUT2D eigenvalue weighted by Crippen LogP contribution is -2.27. The maximum atomic E-state index is 5.17. The van der Waals surface area contributed by atoms with Crippen LogP contribution in [0.1, 0.15) is 259 Å².